The highest BCUT2D eigenvalue weighted by Crippen LogP contribution is 2.27. The smallest absolute Gasteiger partial charge is 0.160 e. The van der Waals surface area contributed by atoms with Crippen molar-refractivity contribution in [2.45, 2.75) is 6.42 Å². The number of nitrogens with zero attached hydrogens (tertiary/aromatic N) is 3. The lowest BCUT2D eigenvalue weighted by molar-refractivity contribution is 0.354. The molecule has 0 aliphatic carbocycles. The average molecular weight is 345 g/mol. The molecule has 0 fully saturated rings. The Balaban J connectivity index is 1.85. The summed E-state index contributed by atoms with van der Waals surface area (Å²) in [5.74, 6) is 3.12. The lowest BCUT2D eigenvalue weighted by Gasteiger charge is -2.12. The van der Waals surface area contributed by atoms with Gasteiger partial charge in [0.15, 0.2) is 11.5 Å². The van der Waals surface area contributed by atoms with E-state index in [9.17, 15) is 0 Å². The number of anilines is 2. The third kappa shape index (κ3) is 6.11. The van der Waals surface area contributed by atoms with E-state index >= 15 is 0 Å². The standard InChI is InChI=1S/C18H27N5O2/c1-23(2)10-9-20-18-12-17(21-13-22-18)19-8-7-14-5-6-15(24-3)16(11-14)25-4/h5-6,11-13H,7-10H2,1-4H3,(H2,19,20,21,22). The van der Waals surface area contributed by atoms with Crippen LogP contribution in [0.4, 0.5) is 11.6 Å². The molecule has 1 heterocycles. The van der Waals surface area contributed by atoms with Gasteiger partial charge >= 0.3 is 0 Å². The molecule has 2 N–H and O–H groups in total. The van der Waals surface area contributed by atoms with Crippen molar-refractivity contribution >= 4 is 11.6 Å². The van der Waals surface area contributed by atoms with Crippen molar-refractivity contribution in [3.8, 4) is 11.5 Å². The van der Waals surface area contributed by atoms with Gasteiger partial charge < -0.3 is 25.0 Å². The molecule has 0 aliphatic rings. The summed E-state index contributed by atoms with van der Waals surface area (Å²) in [6.07, 6.45) is 2.42. The first-order chi connectivity index (χ1) is 12.1. The Bertz CT molecular complexity index is 664. The van der Waals surface area contributed by atoms with Crippen molar-refractivity contribution in [3.05, 3.63) is 36.2 Å². The Labute approximate surface area is 149 Å². The van der Waals surface area contributed by atoms with Crippen molar-refractivity contribution in [2.75, 3.05) is 58.6 Å². The van der Waals surface area contributed by atoms with Crippen LogP contribution in [-0.2, 0) is 6.42 Å². The number of rotatable bonds is 10. The molecular weight excluding hydrogens is 318 g/mol. The molecule has 2 aromatic rings. The third-order valence-corrected chi connectivity index (χ3v) is 3.70. The second-order valence-corrected chi connectivity index (χ2v) is 5.88. The van der Waals surface area contributed by atoms with Crippen molar-refractivity contribution in [1.82, 2.24) is 14.9 Å². The molecule has 0 unspecified atom stereocenters. The van der Waals surface area contributed by atoms with Crippen LogP contribution < -0.4 is 20.1 Å². The van der Waals surface area contributed by atoms with E-state index in [1.807, 2.05) is 38.4 Å². The zero-order valence-electron chi connectivity index (χ0n) is 15.4. The first kappa shape index (κ1) is 18.8. The lowest BCUT2D eigenvalue weighted by atomic mass is 10.1. The fourth-order valence-electron chi connectivity index (χ4n) is 2.33. The van der Waals surface area contributed by atoms with E-state index < -0.39 is 0 Å². The molecule has 0 saturated heterocycles. The summed E-state index contributed by atoms with van der Waals surface area (Å²) in [6, 6.07) is 7.88. The molecule has 7 heteroatoms. The van der Waals surface area contributed by atoms with Gasteiger partial charge in [0.05, 0.1) is 14.2 Å². The minimum atomic E-state index is 0.739. The van der Waals surface area contributed by atoms with Crippen LogP contribution in [0.15, 0.2) is 30.6 Å². The van der Waals surface area contributed by atoms with Gasteiger partial charge in [-0.1, -0.05) is 6.07 Å². The van der Waals surface area contributed by atoms with Crippen LogP contribution >= 0.6 is 0 Å². The predicted octanol–water partition coefficient (Wildman–Crippen LogP) is 2.12. The minimum Gasteiger partial charge on any atom is -0.493 e. The van der Waals surface area contributed by atoms with E-state index in [0.29, 0.717) is 0 Å². The van der Waals surface area contributed by atoms with E-state index in [1.165, 1.54) is 5.56 Å². The number of hydrogen-bond donors (Lipinski definition) is 2. The Morgan fingerprint density at radius 3 is 2.24 bits per heavy atom. The lowest BCUT2D eigenvalue weighted by Crippen LogP contribution is -2.21. The van der Waals surface area contributed by atoms with E-state index in [2.05, 4.69) is 25.5 Å². The van der Waals surface area contributed by atoms with Crippen LogP contribution in [0, 0.1) is 0 Å². The molecule has 0 aliphatic heterocycles. The monoisotopic (exact) mass is 345 g/mol. The highest BCUT2D eigenvalue weighted by atomic mass is 16.5. The number of hydrogen-bond acceptors (Lipinski definition) is 7. The molecule has 0 bridgehead atoms. The predicted molar refractivity (Wildman–Crippen MR) is 101 cm³/mol. The van der Waals surface area contributed by atoms with Gasteiger partial charge in [0.2, 0.25) is 0 Å². The summed E-state index contributed by atoms with van der Waals surface area (Å²) in [6.45, 7) is 2.56. The van der Waals surface area contributed by atoms with E-state index in [0.717, 1.165) is 49.2 Å². The third-order valence-electron chi connectivity index (χ3n) is 3.70. The van der Waals surface area contributed by atoms with E-state index in [-0.39, 0.29) is 0 Å². The summed E-state index contributed by atoms with van der Waals surface area (Å²) in [5.41, 5.74) is 1.17. The van der Waals surface area contributed by atoms with Gasteiger partial charge in [-0.3, -0.25) is 0 Å². The highest BCUT2D eigenvalue weighted by Gasteiger charge is 2.05. The number of methoxy groups -OCH3 is 2. The molecule has 7 nitrogen and oxygen atoms in total. The van der Waals surface area contributed by atoms with Gasteiger partial charge in [-0.15, -0.1) is 0 Å². The maximum absolute atomic E-state index is 5.33. The van der Waals surface area contributed by atoms with Crippen molar-refractivity contribution in [1.29, 1.82) is 0 Å². The Hall–Kier alpha value is -2.54. The zero-order valence-corrected chi connectivity index (χ0v) is 15.4. The van der Waals surface area contributed by atoms with Gasteiger partial charge in [-0.05, 0) is 38.2 Å². The first-order valence-corrected chi connectivity index (χ1v) is 8.28. The van der Waals surface area contributed by atoms with Gasteiger partial charge in [0.25, 0.3) is 0 Å². The fourth-order valence-corrected chi connectivity index (χ4v) is 2.33. The molecule has 0 spiro atoms. The Kier molecular flexibility index (Phi) is 7.28. The molecule has 0 atom stereocenters. The second kappa shape index (κ2) is 9.68. The molecular formula is C18H27N5O2. The molecule has 1 aromatic heterocycles. The largest absolute Gasteiger partial charge is 0.493 e. The van der Waals surface area contributed by atoms with Crippen molar-refractivity contribution in [3.63, 3.8) is 0 Å². The average Bonchev–Trinajstić information content (AvgIpc) is 2.61. The van der Waals surface area contributed by atoms with E-state index in [4.69, 9.17) is 9.47 Å². The molecule has 0 radical (unpaired) electrons. The van der Waals surface area contributed by atoms with Crippen molar-refractivity contribution in [2.24, 2.45) is 0 Å². The number of aromatic nitrogens is 2. The Morgan fingerprint density at radius 1 is 0.920 bits per heavy atom. The Morgan fingerprint density at radius 2 is 1.60 bits per heavy atom. The van der Waals surface area contributed by atoms with Gasteiger partial charge in [-0.25, -0.2) is 9.97 Å². The molecule has 25 heavy (non-hydrogen) atoms. The fraction of sp³-hybridized carbons (Fsp3) is 0.444. The second-order valence-electron chi connectivity index (χ2n) is 5.88. The number of nitrogens with one attached hydrogen (secondary N) is 2. The number of benzene rings is 1. The van der Waals surface area contributed by atoms with Gasteiger partial charge in [0.1, 0.15) is 18.0 Å². The molecule has 2 rings (SSSR count). The molecule has 1 aromatic carbocycles. The van der Waals surface area contributed by atoms with Crippen LogP contribution in [0.25, 0.3) is 0 Å². The summed E-state index contributed by atoms with van der Waals surface area (Å²) in [4.78, 5) is 10.6. The summed E-state index contributed by atoms with van der Waals surface area (Å²) >= 11 is 0. The number of likely N-dealkylation sites (N-methyl/N-ethyl adjacent to an activating group) is 1. The normalized spacial score (nSPS) is 10.6. The van der Waals surface area contributed by atoms with Crippen LogP contribution in [0.2, 0.25) is 0 Å². The quantitative estimate of drug-likeness (QED) is 0.683. The van der Waals surface area contributed by atoms with Crippen molar-refractivity contribution < 1.29 is 9.47 Å². The SMILES string of the molecule is COc1ccc(CCNc2cc(NCCN(C)C)ncn2)cc1OC. The maximum atomic E-state index is 5.33. The van der Waals surface area contributed by atoms with Gasteiger partial charge in [-0.2, -0.15) is 0 Å². The minimum absolute atomic E-state index is 0.739. The van der Waals surface area contributed by atoms with Crippen LogP contribution in [0.5, 0.6) is 11.5 Å². The van der Waals surface area contributed by atoms with Crippen LogP contribution in [-0.4, -0.2) is 62.8 Å². The van der Waals surface area contributed by atoms with Crippen LogP contribution in [0.3, 0.4) is 0 Å². The summed E-state index contributed by atoms with van der Waals surface area (Å²) in [7, 11) is 7.37. The molecule has 0 amide bonds. The molecule has 0 saturated carbocycles. The van der Waals surface area contributed by atoms with Gasteiger partial charge in [0, 0.05) is 25.7 Å². The summed E-state index contributed by atoms with van der Waals surface area (Å²) in [5, 5.41) is 6.61. The topological polar surface area (TPSA) is 71.5 Å². The highest BCUT2D eigenvalue weighted by molar-refractivity contribution is 5.47. The zero-order chi connectivity index (χ0) is 18.1. The summed E-state index contributed by atoms with van der Waals surface area (Å²) < 4.78 is 10.6. The van der Waals surface area contributed by atoms with Crippen LogP contribution in [0.1, 0.15) is 5.56 Å². The maximum Gasteiger partial charge on any atom is 0.160 e. The first-order valence-electron chi connectivity index (χ1n) is 8.28. The molecule has 136 valence electrons. The van der Waals surface area contributed by atoms with E-state index in [1.54, 1.807) is 20.5 Å². The number of ether oxygens (including phenoxy) is 2.